The molecule has 3 heterocycles. The molecule has 32 heavy (non-hydrogen) atoms. The van der Waals surface area contributed by atoms with E-state index in [1.54, 1.807) is 7.11 Å². The molecule has 1 aliphatic heterocycles. The van der Waals surface area contributed by atoms with Crippen molar-refractivity contribution >= 4 is 33.3 Å². The monoisotopic (exact) mass is 428 g/mol. The molecule has 6 N–H and O–H groups in total. The van der Waals surface area contributed by atoms with Crippen LogP contribution >= 0.6 is 0 Å². The van der Waals surface area contributed by atoms with Crippen LogP contribution in [0.15, 0.2) is 65.4 Å². The van der Waals surface area contributed by atoms with Crippen molar-refractivity contribution in [2.24, 2.45) is 10.7 Å². The minimum atomic E-state index is -0.890. The first kappa shape index (κ1) is 20.2. The normalized spacial score (nSPS) is 18.4. The third kappa shape index (κ3) is 3.94. The Morgan fingerprint density at radius 2 is 1.94 bits per heavy atom. The van der Waals surface area contributed by atoms with Gasteiger partial charge >= 0.3 is 0 Å². The fraction of sp³-hybridized carbons (Fsp3) is 0.240. The lowest BCUT2D eigenvalue weighted by molar-refractivity contribution is 0.353. The number of aryl methyl sites for hydroxylation is 2. The van der Waals surface area contributed by atoms with Gasteiger partial charge in [0.2, 0.25) is 0 Å². The average molecular weight is 429 g/mol. The molecule has 0 amide bonds. The Kier molecular flexibility index (Phi) is 4.90. The fourth-order valence-electron chi connectivity index (χ4n) is 4.36. The van der Waals surface area contributed by atoms with Crippen LogP contribution in [-0.2, 0) is 6.42 Å². The lowest BCUT2D eigenvalue weighted by atomic mass is 10.0. The number of nitrogens with two attached hydrogens (primary N) is 1. The molecule has 4 aromatic rings. The van der Waals surface area contributed by atoms with E-state index < -0.39 is 5.79 Å². The molecular weight excluding hydrogens is 400 g/mol. The number of fused-ring (bicyclic) bond motifs is 2. The maximum absolute atomic E-state index is 6.68. The highest BCUT2D eigenvalue weighted by atomic mass is 16.5. The predicted octanol–water partition coefficient (Wildman–Crippen LogP) is 4.53. The van der Waals surface area contributed by atoms with Gasteiger partial charge in [0.05, 0.1) is 7.11 Å². The Morgan fingerprint density at radius 1 is 1.09 bits per heavy atom. The largest absolute Gasteiger partial charge is 0.497 e. The van der Waals surface area contributed by atoms with E-state index in [2.05, 4.69) is 51.8 Å². The number of ether oxygens (including phenoxy) is 1. The highest BCUT2D eigenvalue weighted by Crippen LogP contribution is 2.27. The van der Waals surface area contributed by atoms with E-state index in [0.717, 1.165) is 56.9 Å². The number of benzene rings is 2. The lowest BCUT2D eigenvalue weighted by Gasteiger charge is -2.32. The second kappa shape index (κ2) is 7.76. The van der Waals surface area contributed by atoms with Crippen molar-refractivity contribution in [2.75, 3.05) is 12.4 Å². The van der Waals surface area contributed by atoms with Crippen molar-refractivity contribution in [2.45, 2.75) is 32.5 Å². The zero-order chi connectivity index (χ0) is 22.3. The predicted molar refractivity (Wildman–Crippen MR) is 131 cm³/mol. The topological polar surface area (TPSA) is 103 Å². The van der Waals surface area contributed by atoms with Gasteiger partial charge in [-0.15, -0.1) is 0 Å². The molecule has 0 radical (unpaired) electrons. The summed E-state index contributed by atoms with van der Waals surface area (Å²) in [6, 6.07) is 14.4. The van der Waals surface area contributed by atoms with Gasteiger partial charge in [0.15, 0.2) is 5.79 Å². The third-order valence-corrected chi connectivity index (χ3v) is 5.86. The van der Waals surface area contributed by atoms with Gasteiger partial charge in [0.25, 0.3) is 0 Å². The molecule has 0 saturated heterocycles. The van der Waals surface area contributed by atoms with Gasteiger partial charge < -0.3 is 25.3 Å². The molecule has 1 atom stereocenters. The minimum absolute atomic E-state index is 0.642. The summed E-state index contributed by atoms with van der Waals surface area (Å²) < 4.78 is 5.38. The number of nitrogens with zero attached hydrogens (tertiary/aromatic N) is 1. The number of aliphatic imine (C=N–C) groups is 1. The van der Waals surface area contributed by atoms with Crippen LogP contribution in [0, 0.1) is 6.92 Å². The van der Waals surface area contributed by atoms with Gasteiger partial charge in [-0.3, -0.25) is 5.73 Å². The van der Waals surface area contributed by atoms with Crippen LogP contribution < -0.4 is 21.1 Å². The molecule has 0 aliphatic carbocycles. The summed E-state index contributed by atoms with van der Waals surface area (Å²) in [4.78, 5) is 11.5. The summed E-state index contributed by atoms with van der Waals surface area (Å²) in [6.45, 7) is 4.07. The Morgan fingerprint density at radius 3 is 2.78 bits per heavy atom. The van der Waals surface area contributed by atoms with Crippen molar-refractivity contribution in [1.82, 2.24) is 15.3 Å². The molecular formula is C25H28N6O. The van der Waals surface area contributed by atoms with E-state index in [-0.39, 0.29) is 0 Å². The van der Waals surface area contributed by atoms with Gasteiger partial charge in [0.1, 0.15) is 11.6 Å². The van der Waals surface area contributed by atoms with E-state index >= 15 is 0 Å². The zero-order valence-corrected chi connectivity index (χ0v) is 18.5. The van der Waals surface area contributed by atoms with Crippen LogP contribution in [0.2, 0.25) is 0 Å². The van der Waals surface area contributed by atoms with Crippen LogP contribution in [-0.4, -0.2) is 28.7 Å². The molecule has 164 valence electrons. The minimum Gasteiger partial charge on any atom is -0.497 e. The number of nitrogens with one attached hydrogen (secondary N) is 4. The number of amidine groups is 1. The van der Waals surface area contributed by atoms with Crippen molar-refractivity contribution in [1.29, 1.82) is 0 Å². The number of H-pyrrole nitrogens is 2. The SMILES string of the molecule is COc1ccc2[nH]cc(CCC3(N)N=C(Nc4ccc5[nH]c(C)cc5c4)C=C(C)N3)c2c1. The molecule has 2 aromatic carbocycles. The van der Waals surface area contributed by atoms with Crippen LogP contribution in [0.3, 0.4) is 0 Å². The summed E-state index contributed by atoms with van der Waals surface area (Å²) in [6.07, 6.45) is 5.43. The second-order valence-electron chi connectivity index (χ2n) is 8.48. The average Bonchev–Trinajstić information content (AvgIpc) is 3.33. The Labute approximate surface area is 186 Å². The summed E-state index contributed by atoms with van der Waals surface area (Å²) in [5.41, 5.74) is 13.2. The number of allylic oxidation sites excluding steroid dienone is 1. The summed E-state index contributed by atoms with van der Waals surface area (Å²) >= 11 is 0. The van der Waals surface area contributed by atoms with Crippen LogP contribution in [0.5, 0.6) is 5.75 Å². The molecule has 0 bridgehead atoms. The number of methoxy groups -OCH3 is 1. The van der Waals surface area contributed by atoms with Gasteiger partial charge in [-0.2, -0.15) is 0 Å². The Bertz CT molecular complexity index is 1360. The summed E-state index contributed by atoms with van der Waals surface area (Å²) in [5, 5.41) is 9.08. The third-order valence-electron chi connectivity index (χ3n) is 5.86. The molecule has 2 aromatic heterocycles. The van der Waals surface area contributed by atoms with E-state index in [4.69, 9.17) is 15.5 Å². The Balaban J connectivity index is 1.36. The van der Waals surface area contributed by atoms with Crippen LogP contribution in [0.4, 0.5) is 5.69 Å². The van der Waals surface area contributed by atoms with Crippen molar-refractivity contribution in [3.05, 3.63) is 71.7 Å². The van der Waals surface area contributed by atoms with Gasteiger partial charge in [-0.05, 0) is 74.4 Å². The first-order valence-electron chi connectivity index (χ1n) is 10.8. The smallest absolute Gasteiger partial charge is 0.184 e. The first-order valence-corrected chi connectivity index (χ1v) is 10.8. The van der Waals surface area contributed by atoms with Crippen molar-refractivity contribution in [3.8, 4) is 5.75 Å². The zero-order valence-electron chi connectivity index (χ0n) is 18.5. The first-order chi connectivity index (χ1) is 15.4. The van der Waals surface area contributed by atoms with Crippen molar-refractivity contribution in [3.63, 3.8) is 0 Å². The molecule has 7 nitrogen and oxygen atoms in total. The van der Waals surface area contributed by atoms with Crippen LogP contribution in [0.1, 0.15) is 24.6 Å². The van der Waals surface area contributed by atoms with E-state index in [9.17, 15) is 0 Å². The molecule has 5 rings (SSSR count). The molecule has 0 spiro atoms. The van der Waals surface area contributed by atoms with E-state index in [1.165, 1.54) is 5.56 Å². The van der Waals surface area contributed by atoms with E-state index in [1.807, 2.05) is 37.4 Å². The number of anilines is 1. The van der Waals surface area contributed by atoms with Gasteiger partial charge in [-0.25, -0.2) is 4.99 Å². The van der Waals surface area contributed by atoms with E-state index in [0.29, 0.717) is 6.42 Å². The highest BCUT2D eigenvalue weighted by molar-refractivity contribution is 6.05. The molecule has 0 fully saturated rings. The molecule has 1 unspecified atom stereocenters. The Hall–Kier alpha value is -3.71. The number of aromatic amines is 2. The lowest BCUT2D eigenvalue weighted by Crippen LogP contribution is -2.54. The number of aromatic nitrogens is 2. The number of hydrogen-bond donors (Lipinski definition) is 5. The van der Waals surface area contributed by atoms with Gasteiger partial charge in [0, 0.05) is 51.5 Å². The standard InChI is InChI=1S/C25H28N6O/c1-15-10-18-12-19(4-6-22(18)28-15)29-24-11-16(2)30-25(26,31-24)9-8-17-14-27-23-7-5-20(32-3)13-21(17)23/h4-7,10-14,27-28,30H,8-9,26H2,1-3H3,(H,29,31). The second-order valence-corrected chi connectivity index (χ2v) is 8.48. The maximum atomic E-state index is 6.68. The number of rotatable bonds is 5. The maximum Gasteiger partial charge on any atom is 0.184 e. The molecule has 0 saturated carbocycles. The fourth-order valence-corrected chi connectivity index (χ4v) is 4.36. The number of hydrogen-bond acceptors (Lipinski definition) is 5. The van der Waals surface area contributed by atoms with Crippen molar-refractivity contribution < 1.29 is 4.74 Å². The van der Waals surface area contributed by atoms with Crippen LogP contribution in [0.25, 0.3) is 21.8 Å². The van der Waals surface area contributed by atoms with Gasteiger partial charge in [-0.1, -0.05) is 0 Å². The summed E-state index contributed by atoms with van der Waals surface area (Å²) in [7, 11) is 1.68. The summed E-state index contributed by atoms with van der Waals surface area (Å²) in [5.74, 6) is 0.698. The highest BCUT2D eigenvalue weighted by Gasteiger charge is 2.27. The molecule has 7 heteroatoms. The quantitative estimate of drug-likeness (QED) is 0.322. The molecule has 1 aliphatic rings.